The highest BCUT2D eigenvalue weighted by Gasteiger charge is 2.28. The monoisotopic (exact) mass is 319 g/mol. The minimum atomic E-state index is -0.0243. The fourth-order valence-electron chi connectivity index (χ4n) is 3.61. The van der Waals surface area contributed by atoms with Crippen molar-refractivity contribution in [2.75, 3.05) is 7.11 Å². The number of methoxy groups -OCH3 is 1. The van der Waals surface area contributed by atoms with Crippen LogP contribution in [0, 0.1) is 12.8 Å². The van der Waals surface area contributed by atoms with E-state index in [4.69, 9.17) is 4.74 Å². The number of Topliss-reactive ketones (excluding diaryl/α,β-unsaturated/α-hetero) is 1. The van der Waals surface area contributed by atoms with Crippen LogP contribution < -0.4 is 10.3 Å². The molecule has 0 saturated carbocycles. The molecule has 1 aromatic heterocycles. The fourth-order valence-corrected chi connectivity index (χ4v) is 3.61. The Morgan fingerprint density at radius 1 is 1.22 bits per heavy atom. The van der Waals surface area contributed by atoms with E-state index in [1.165, 1.54) is 19.3 Å². The molecule has 0 fully saturated rings. The fraction of sp³-hybridized carbons (Fsp3) is 0.684. The topological polar surface area (TPSA) is 59.2 Å². The van der Waals surface area contributed by atoms with E-state index in [0.29, 0.717) is 25.0 Å². The van der Waals surface area contributed by atoms with Gasteiger partial charge in [0, 0.05) is 23.5 Å². The maximum atomic E-state index is 12.5. The van der Waals surface area contributed by atoms with Gasteiger partial charge in [0.2, 0.25) is 0 Å². The summed E-state index contributed by atoms with van der Waals surface area (Å²) >= 11 is 0. The number of ketones is 1. The van der Waals surface area contributed by atoms with Gasteiger partial charge in [-0.25, -0.2) is 0 Å². The van der Waals surface area contributed by atoms with Crippen molar-refractivity contribution in [3.05, 3.63) is 27.2 Å². The van der Waals surface area contributed by atoms with Gasteiger partial charge in [0.15, 0.2) is 0 Å². The third-order valence-corrected chi connectivity index (χ3v) is 4.93. The van der Waals surface area contributed by atoms with E-state index in [2.05, 4.69) is 11.9 Å². The molecule has 1 atom stereocenters. The van der Waals surface area contributed by atoms with Crippen LogP contribution in [0.15, 0.2) is 4.79 Å². The van der Waals surface area contributed by atoms with Crippen LogP contribution in [0.4, 0.5) is 0 Å². The zero-order chi connectivity index (χ0) is 16.8. The van der Waals surface area contributed by atoms with Crippen LogP contribution in [0.2, 0.25) is 0 Å². The van der Waals surface area contributed by atoms with Crippen molar-refractivity contribution in [2.24, 2.45) is 5.92 Å². The summed E-state index contributed by atoms with van der Waals surface area (Å²) in [4.78, 5) is 27.4. The Morgan fingerprint density at radius 2 is 1.96 bits per heavy atom. The van der Waals surface area contributed by atoms with Gasteiger partial charge in [-0.3, -0.25) is 9.59 Å². The van der Waals surface area contributed by atoms with Gasteiger partial charge >= 0.3 is 0 Å². The van der Waals surface area contributed by atoms with Crippen molar-refractivity contribution in [3.63, 3.8) is 0 Å². The average molecular weight is 319 g/mol. The Bertz CT molecular complexity index is 603. The molecule has 128 valence electrons. The molecule has 0 spiro atoms. The molecule has 0 radical (unpaired) electrons. The predicted molar refractivity (Wildman–Crippen MR) is 92.2 cm³/mol. The molecule has 2 rings (SSSR count). The van der Waals surface area contributed by atoms with E-state index in [0.717, 1.165) is 41.8 Å². The van der Waals surface area contributed by atoms with Gasteiger partial charge in [-0.15, -0.1) is 0 Å². The van der Waals surface area contributed by atoms with Crippen molar-refractivity contribution < 1.29 is 9.53 Å². The van der Waals surface area contributed by atoms with Crippen molar-refractivity contribution in [3.8, 4) is 5.75 Å². The van der Waals surface area contributed by atoms with Crippen LogP contribution in [-0.2, 0) is 17.6 Å². The number of rotatable bonds is 8. The molecule has 0 aromatic carbocycles. The number of carbonyl (C=O) groups is 1. The van der Waals surface area contributed by atoms with Gasteiger partial charge in [-0.05, 0) is 32.6 Å². The number of H-pyrrole nitrogens is 1. The number of aromatic amines is 1. The van der Waals surface area contributed by atoms with Gasteiger partial charge < -0.3 is 9.72 Å². The Balaban J connectivity index is 2.02. The molecule has 23 heavy (non-hydrogen) atoms. The first-order chi connectivity index (χ1) is 11.1. The second-order valence-corrected chi connectivity index (χ2v) is 6.64. The average Bonchev–Trinajstić information content (AvgIpc) is 2.54. The molecular weight excluding hydrogens is 290 g/mol. The largest absolute Gasteiger partial charge is 0.495 e. The molecule has 4 heteroatoms. The summed E-state index contributed by atoms with van der Waals surface area (Å²) in [5, 5.41) is 0. The van der Waals surface area contributed by atoms with Crippen molar-refractivity contribution in [1.82, 2.24) is 4.98 Å². The molecule has 1 heterocycles. The van der Waals surface area contributed by atoms with Crippen LogP contribution in [0.5, 0.6) is 5.75 Å². The van der Waals surface area contributed by atoms with E-state index in [9.17, 15) is 9.59 Å². The van der Waals surface area contributed by atoms with E-state index in [1.54, 1.807) is 7.11 Å². The zero-order valence-corrected chi connectivity index (χ0v) is 14.7. The quantitative estimate of drug-likeness (QED) is 0.743. The molecule has 1 aromatic rings. The normalized spacial score (nSPS) is 16.9. The number of hydrogen-bond donors (Lipinski definition) is 1. The van der Waals surface area contributed by atoms with Gasteiger partial charge in [0.25, 0.3) is 5.56 Å². The SMILES string of the molecule is CCCCCCCC(=O)C1CCc2c(c(OC)c(C)[nH]c2=O)C1. The van der Waals surface area contributed by atoms with Gasteiger partial charge in [-0.2, -0.15) is 0 Å². The minimum absolute atomic E-state index is 0.0243. The van der Waals surface area contributed by atoms with Crippen LogP contribution in [0.1, 0.15) is 68.7 Å². The molecular formula is C19H29NO3. The van der Waals surface area contributed by atoms with Crippen molar-refractivity contribution in [1.29, 1.82) is 0 Å². The molecule has 0 amide bonds. The number of aromatic nitrogens is 1. The first kappa shape index (κ1) is 17.8. The summed E-state index contributed by atoms with van der Waals surface area (Å²) in [6.45, 7) is 4.04. The molecule has 1 aliphatic carbocycles. The predicted octanol–water partition coefficient (Wildman–Crippen LogP) is 3.73. The first-order valence-corrected chi connectivity index (χ1v) is 8.89. The van der Waals surface area contributed by atoms with Crippen LogP contribution in [0.3, 0.4) is 0 Å². The van der Waals surface area contributed by atoms with Crippen molar-refractivity contribution >= 4 is 5.78 Å². The summed E-state index contributed by atoms with van der Waals surface area (Å²) in [5.41, 5.74) is 2.48. The smallest absolute Gasteiger partial charge is 0.251 e. The molecule has 1 aliphatic rings. The highest BCUT2D eigenvalue weighted by molar-refractivity contribution is 5.81. The number of pyridine rings is 1. The van der Waals surface area contributed by atoms with E-state index in [-0.39, 0.29) is 11.5 Å². The van der Waals surface area contributed by atoms with Crippen LogP contribution >= 0.6 is 0 Å². The lowest BCUT2D eigenvalue weighted by Gasteiger charge is -2.25. The van der Waals surface area contributed by atoms with Crippen molar-refractivity contribution in [2.45, 2.75) is 71.6 Å². The molecule has 0 bridgehead atoms. The second-order valence-electron chi connectivity index (χ2n) is 6.64. The van der Waals surface area contributed by atoms with E-state index >= 15 is 0 Å². The minimum Gasteiger partial charge on any atom is -0.495 e. The van der Waals surface area contributed by atoms with E-state index < -0.39 is 0 Å². The maximum absolute atomic E-state index is 12.5. The Labute approximate surface area is 138 Å². The Hall–Kier alpha value is -1.58. The summed E-state index contributed by atoms with van der Waals surface area (Å²) in [6, 6.07) is 0. The lowest BCUT2D eigenvalue weighted by Crippen LogP contribution is -2.28. The molecule has 1 unspecified atom stereocenters. The standard InChI is InChI=1S/C19H29NO3/c1-4-5-6-7-8-9-17(21)14-10-11-15-16(12-14)18(23-3)13(2)20-19(15)22/h14H,4-12H2,1-3H3,(H,20,22). The van der Waals surface area contributed by atoms with Crippen LogP contribution in [-0.4, -0.2) is 17.9 Å². The van der Waals surface area contributed by atoms with Crippen LogP contribution in [0.25, 0.3) is 0 Å². The summed E-state index contributed by atoms with van der Waals surface area (Å²) < 4.78 is 5.47. The summed E-state index contributed by atoms with van der Waals surface area (Å²) in [6.07, 6.45) is 8.62. The number of aryl methyl sites for hydroxylation is 1. The Morgan fingerprint density at radius 3 is 2.65 bits per heavy atom. The number of nitrogens with one attached hydrogen (secondary N) is 1. The lowest BCUT2D eigenvalue weighted by molar-refractivity contribution is -0.123. The summed E-state index contributed by atoms with van der Waals surface area (Å²) in [5.74, 6) is 1.15. The molecule has 1 N–H and O–H groups in total. The summed E-state index contributed by atoms with van der Waals surface area (Å²) in [7, 11) is 1.63. The number of hydrogen-bond acceptors (Lipinski definition) is 3. The highest BCUT2D eigenvalue weighted by Crippen LogP contribution is 2.32. The lowest BCUT2D eigenvalue weighted by atomic mass is 9.80. The molecule has 0 saturated heterocycles. The maximum Gasteiger partial charge on any atom is 0.251 e. The van der Waals surface area contributed by atoms with Gasteiger partial charge in [0.05, 0.1) is 12.8 Å². The molecule has 4 nitrogen and oxygen atoms in total. The first-order valence-electron chi connectivity index (χ1n) is 8.89. The third kappa shape index (κ3) is 4.24. The number of carbonyl (C=O) groups excluding carboxylic acids is 1. The number of unbranched alkanes of at least 4 members (excludes halogenated alkanes) is 4. The van der Waals surface area contributed by atoms with Gasteiger partial charge in [0.1, 0.15) is 11.5 Å². The number of fused-ring (bicyclic) bond motifs is 1. The highest BCUT2D eigenvalue weighted by atomic mass is 16.5. The zero-order valence-electron chi connectivity index (χ0n) is 14.7. The second kappa shape index (κ2) is 8.32. The number of ether oxygens (including phenoxy) is 1. The Kier molecular flexibility index (Phi) is 6.43. The van der Waals surface area contributed by atoms with Gasteiger partial charge in [-0.1, -0.05) is 32.6 Å². The van der Waals surface area contributed by atoms with E-state index in [1.807, 2.05) is 6.92 Å². The third-order valence-electron chi connectivity index (χ3n) is 4.93. The molecule has 0 aliphatic heterocycles.